The van der Waals surface area contributed by atoms with Gasteiger partial charge < -0.3 is 0 Å². The lowest BCUT2D eigenvalue weighted by Gasteiger charge is -2.18. The normalized spacial score (nSPS) is 13.2. The number of benzene rings is 13. The molecule has 312 valence electrons. The maximum atomic E-state index is 2.59. The third-order valence-corrected chi connectivity index (χ3v) is 18.8. The molecule has 16 aromatic rings. The van der Waals surface area contributed by atoms with Crippen LogP contribution in [-0.2, 0) is 0 Å². The predicted octanol–water partition coefficient (Wildman–Crippen LogP) is 18.8. The van der Waals surface area contributed by atoms with Crippen molar-refractivity contribution in [1.82, 2.24) is 0 Å². The molecule has 16 aromatic carbocycles. The van der Waals surface area contributed by atoms with Gasteiger partial charge in [-0.1, -0.05) is 207 Å². The summed E-state index contributed by atoms with van der Waals surface area (Å²) in [5.41, 5.74) is 10.6. The van der Waals surface area contributed by atoms with E-state index in [0.717, 1.165) is 0 Å². The summed E-state index contributed by atoms with van der Waals surface area (Å²) in [6.45, 7) is 7.38. The molecule has 0 aromatic heterocycles. The van der Waals surface area contributed by atoms with E-state index in [1.54, 1.807) is 0 Å². The van der Waals surface area contributed by atoms with Crippen LogP contribution in [0.2, 0.25) is 19.6 Å². The molecule has 68 heavy (non-hydrogen) atoms. The van der Waals surface area contributed by atoms with Gasteiger partial charge in [0.1, 0.15) is 0 Å². The van der Waals surface area contributed by atoms with E-state index in [-0.39, 0.29) is 0 Å². The van der Waals surface area contributed by atoms with Crippen molar-refractivity contribution in [2.24, 2.45) is 0 Å². The monoisotopic (exact) mass is 872 g/mol. The van der Waals surface area contributed by atoms with Crippen LogP contribution in [0.15, 0.2) is 188 Å². The second-order valence-corrected chi connectivity index (χ2v) is 26.0. The summed E-state index contributed by atoms with van der Waals surface area (Å²) in [7, 11) is -1.51. The first kappa shape index (κ1) is 36.1. The van der Waals surface area contributed by atoms with Gasteiger partial charge in [0.25, 0.3) is 0 Å². The van der Waals surface area contributed by atoms with Crippen LogP contribution in [0.25, 0.3) is 174 Å². The van der Waals surface area contributed by atoms with E-state index in [0.29, 0.717) is 0 Å². The zero-order chi connectivity index (χ0) is 44.5. The smallest absolute Gasteiger partial charge is 0.0656 e. The lowest BCUT2D eigenvalue weighted by molar-refractivity contribution is 1.61. The molecule has 0 bridgehead atoms. The summed E-state index contributed by atoms with van der Waals surface area (Å²) >= 11 is 0. The minimum Gasteiger partial charge on any atom is -0.0656 e. The van der Waals surface area contributed by atoms with Gasteiger partial charge in [-0.15, -0.1) is 0 Å². The van der Waals surface area contributed by atoms with Gasteiger partial charge in [-0.3, -0.25) is 0 Å². The highest BCUT2D eigenvalue weighted by atomic mass is 28.3. The fourth-order valence-corrected chi connectivity index (χ4v) is 15.1. The van der Waals surface area contributed by atoms with E-state index in [2.05, 4.69) is 208 Å². The average Bonchev–Trinajstić information content (AvgIpc) is 4.10. The van der Waals surface area contributed by atoms with Gasteiger partial charge in [0.05, 0.1) is 8.07 Å². The number of fused-ring (bicyclic) bond motifs is 16. The van der Waals surface area contributed by atoms with E-state index in [4.69, 9.17) is 0 Å². The van der Waals surface area contributed by atoms with Gasteiger partial charge >= 0.3 is 0 Å². The molecule has 0 saturated carbocycles. The Morgan fingerprint density at radius 1 is 0.235 bits per heavy atom. The summed E-state index contributed by atoms with van der Waals surface area (Å²) in [5.74, 6) is 0. The molecule has 0 atom stereocenters. The van der Waals surface area contributed by atoms with E-state index >= 15 is 0 Å². The molecule has 0 fully saturated rings. The minimum atomic E-state index is -1.51. The second kappa shape index (κ2) is 12.1. The highest BCUT2D eigenvalue weighted by molar-refractivity contribution is 6.88. The molecule has 0 radical (unpaired) electrons. The van der Waals surface area contributed by atoms with Crippen molar-refractivity contribution in [2.75, 3.05) is 0 Å². The summed E-state index contributed by atoms with van der Waals surface area (Å²) < 4.78 is 0. The molecule has 0 spiro atoms. The van der Waals surface area contributed by atoms with Gasteiger partial charge in [-0.2, -0.15) is 0 Å². The molecule has 0 nitrogen and oxygen atoms in total. The molecule has 0 heterocycles. The van der Waals surface area contributed by atoms with E-state index in [9.17, 15) is 0 Å². The van der Waals surface area contributed by atoms with Crippen molar-refractivity contribution >= 4 is 143 Å². The summed E-state index contributed by atoms with van der Waals surface area (Å²) in [5, 5.41) is 34.2. The highest BCUT2D eigenvalue weighted by Gasteiger charge is 2.31. The van der Waals surface area contributed by atoms with Gasteiger partial charge in [0.2, 0.25) is 0 Å². The molecule has 0 unspecified atom stereocenters. The summed E-state index contributed by atoms with van der Waals surface area (Å²) in [6, 6.07) is 73.0. The Bertz CT molecular complexity index is 4890. The van der Waals surface area contributed by atoms with E-state index in [1.165, 1.54) is 179 Å². The Kier molecular flexibility index (Phi) is 6.40. The molecule has 0 amide bonds. The van der Waals surface area contributed by atoms with Gasteiger partial charge in [0.15, 0.2) is 0 Å². The van der Waals surface area contributed by atoms with Crippen molar-refractivity contribution in [2.45, 2.75) is 19.6 Å². The minimum absolute atomic E-state index is 1.23. The molecule has 1 aliphatic rings. The van der Waals surface area contributed by atoms with Crippen LogP contribution in [0.4, 0.5) is 0 Å². The number of hydrogen-bond acceptors (Lipinski definition) is 0. The van der Waals surface area contributed by atoms with Crippen LogP contribution in [0.5, 0.6) is 0 Å². The number of rotatable bonds is 3. The Labute approximate surface area is 392 Å². The SMILES string of the molecule is C[Si](C)(C)c1ccc2c(c1)-c1ccc3c4ccc5c6c(ccc(c7ccc-2c1c73)c46)c1c(-c2ccccc2-c2ccccc2)c2cc3c4cccc6cccc(c64)c3c3c4ccccc4c(c51)c23. The van der Waals surface area contributed by atoms with Crippen molar-refractivity contribution in [3.63, 3.8) is 0 Å². The summed E-state index contributed by atoms with van der Waals surface area (Å²) in [6.07, 6.45) is 0. The lowest BCUT2D eigenvalue weighted by Crippen LogP contribution is -2.37. The van der Waals surface area contributed by atoms with Gasteiger partial charge in [0, 0.05) is 0 Å². The summed E-state index contributed by atoms with van der Waals surface area (Å²) in [4.78, 5) is 0. The van der Waals surface area contributed by atoms with Crippen LogP contribution in [0, 0.1) is 0 Å². The first-order chi connectivity index (χ1) is 33.4. The molecular formula is C67H40Si. The molecule has 1 heteroatoms. The molecule has 1 aliphatic carbocycles. The third kappa shape index (κ3) is 4.14. The Balaban J connectivity index is 1.10. The van der Waals surface area contributed by atoms with E-state index < -0.39 is 8.07 Å². The van der Waals surface area contributed by atoms with Crippen molar-refractivity contribution < 1.29 is 0 Å². The third-order valence-electron chi connectivity index (χ3n) is 16.7. The number of hydrogen-bond donors (Lipinski definition) is 0. The van der Waals surface area contributed by atoms with Crippen molar-refractivity contribution in [3.05, 3.63) is 188 Å². The first-order valence-electron chi connectivity index (χ1n) is 24.3. The second-order valence-electron chi connectivity index (χ2n) is 20.9. The molecule has 17 rings (SSSR count). The van der Waals surface area contributed by atoms with Gasteiger partial charge in [-0.25, -0.2) is 0 Å². The fourth-order valence-electron chi connectivity index (χ4n) is 14.0. The topological polar surface area (TPSA) is 0 Å². The van der Waals surface area contributed by atoms with Crippen LogP contribution in [-0.4, -0.2) is 8.07 Å². The molecular weight excluding hydrogens is 833 g/mol. The quantitative estimate of drug-likeness (QED) is 0.0943. The van der Waals surface area contributed by atoms with Crippen molar-refractivity contribution in [1.29, 1.82) is 0 Å². The van der Waals surface area contributed by atoms with Crippen LogP contribution < -0.4 is 5.19 Å². The van der Waals surface area contributed by atoms with Crippen molar-refractivity contribution in [3.8, 4) is 44.5 Å². The maximum Gasteiger partial charge on any atom is 0.0776 e. The average molecular weight is 873 g/mol. The molecule has 0 aliphatic heterocycles. The van der Waals surface area contributed by atoms with Crippen LogP contribution in [0.3, 0.4) is 0 Å². The largest absolute Gasteiger partial charge is 0.0776 e. The van der Waals surface area contributed by atoms with E-state index in [1.807, 2.05) is 0 Å². The van der Waals surface area contributed by atoms with Gasteiger partial charge in [-0.05, 0) is 180 Å². The molecule has 0 saturated heterocycles. The Morgan fingerprint density at radius 2 is 0.691 bits per heavy atom. The Morgan fingerprint density at radius 3 is 1.41 bits per heavy atom. The highest BCUT2D eigenvalue weighted by Crippen LogP contribution is 2.59. The first-order valence-corrected chi connectivity index (χ1v) is 27.8. The maximum absolute atomic E-state index is 2.59. The molecule has 0 N–H and O–H groups in total. The zero-order valence-corrected chi connectivity index (χ0v) is 38.9. The van der Waals surface area contributed by atoms with Crippen LogP contribution in [0.1, 0.15) is 0 Å². The predicted molar refractivity (Wildman–Crippen MR) is 300 cm³/mol. The standard InChI is InChI=1S/C67H40Si/c1-68(2,3)37-23-24-39-44-25-26-45-47-29-31-51-61-52(32-30-48(59(47)61)46-27-28-49(53(39)33-37)57(44)58(45)46)66-64-42-20-10-9-19-41(42)63-62-50-22-12-16-36-15-11-21-43(56(36)50)54(62)34-55(67(63)64)60(65(51)66)40-18-8-7-17-38(40)35-13-5-4-6-14-35/h4-34H,1-3H3. The zero-order valence-electron chi connectivity index (χ0n) is 37.9. The van der Waals surface area contributed by atoms with Crippen LogP contribution >= 0.6 is 0 Å². The fraction of sp³-hybridized carbons (Fsp3) is 0.0448. The Hall–Kier alpha value is -8.10. The lowest BCUT2D eigenvalue weighted by atomic mass is 9.85.